The van der Waals surface area contributed by atoms with Crippen LogP contribution >= 0.6 is 11.8 Å². The molecule has 1 saturated heterocycles. The first-order valence-electron chi connectivity index (χ1n) is 8.67. The van der Waals surface area contributed by atoms with E-state index in [9.17, 15) is 28.4 Å². The maximum atomic E-state index is 12.7. The van der Waals surface area contributed by atoms with Gasteiger partial charge >= 0.3 is 5.97 Å². The van der Waals surface area contributed by atoms with Crippen molar-refractivity contribution in [1.82, 2.24) is 0 Å². The molecule has 154 valence electrons. The number of rotatable bonds is 6. The number of carboxylic acid groups (broad SMARTS) is 1. The van der Waals surface area contributed by atoms with Crippen LogP contribution in [0, 0.1) is 17.0 Å². The van der Waals surface area contributed by atoms with Crippen LogP contribution in [-0.2, 0) is 10.0 Å². The molecule has 0 aliphatic carbocycles. The van der Waals surface area contributed by atoms with Gasteiger partial charge in [0.1, 0.15) is 0 Å². The van der Waals surface area contributed by atoms with Crippen LogP contribution in [0.4, 0.5) is 17.1 Å². The number of nitro groups is 1. The lowest BCUT2D eigenvalue weighted by atomic mass is 10.1. The zero-order valence-electron chi connectivity index (χ0n) is 15.5. The Morgan fingerprint density at radius 1 is 1.21 bits per heavy atom. The quantitative estimate of drug-likeness (QED) is 0.521. The van der Waals surface area contributed by atoms with Gasteiger partial charge in [0.15, 0.2) is 0 Å². The third-order valence-electron chi connectivity index (χ3n) is 4.52. The minimum atomic E-state index is -4.13. The lowest BCUT2D eigenvalue weighted by Crippen LogP contribution is -2.33. The second kappa shape index (κ2) is 8.29. The van der Waals surface area contributed by atoms with Crippen molar-refractivity contribution in [3.63, 3.8) is 0 Å². The van der Waals surface area contributed by atoms with E-state index in [0.29, 0.717) is 24.3 Å². The van der Waals surface area contributed by atoms with Crippen molar-refractivity contribution in [1.29, 1.82) is 0 Å². The molecule has 0 bridgehead atoms. The Balaban J connectivity index is 1.93. The highest BCUT2D eigenvalue weighted by molar-refractivity contribution is 7.99. The average Bonchev–Trinajstić information content (AvgIpc) is 2.68. The molecule has 3 rings (SSSR count). The lowest BCUT2D eigenvalue weighted by Gasteiger charge is -2.29. The first kappa shape index (κ1) is 20.9. The second-order valence-corrected chi connectivity index (χ2v) is 9.35. The molecule has 0 unspecified atom stereocenters. The summed E-state index contributed by atoms with van der Waals surface area (Å²) in [5.41, 5.74) is 0.628. The van der Waals surface area contributed by atoms with Gasteiger partial charge in [0.25, 0.3) is 15.7 Å². The molecule has 2 aromatic rings. The number of sulfonamides is 1. The number of benzene rings is 2. The van der Waals surface area contributed by atoms with Gasteiger partial charge in [-0.3, -0.25) is 14.8 Å². The fourth-order valence-corrected chi connectivity index (χ4v) is 4.99. The summed E-state index contributed by atoms with van der Waals surface area (Å²) in [6.07, 6.45) is 0. The van der Waals surface area contributed by atoms with Crippen LogP contribution in [0.3, 0.4) is 0 Å². The predicted octanol–water partition coefficient (Wildman–Crippen LogP) is 2.96. The summed E-state index contributed by atoms with van der Waals surface area (Å²) >= 11 is 1.79. The van der Waals surface area contributed by atoms with Crippen molar-refractivity contribution in [2.75, 3.05) is 34.2 Å². The molecule has 2 aromatic carbocycles. The van der Waals surface area contributed by atoms with Crippen LogP contribution in [0.25, 0.3) is 0 Å². The number of nitro benzene ring substituents is 1. The first-order chi connectivity index (χ1) is 13.7. The smallest absolute Gasteiger partial charge is 0.337 e. The van der Waals surface area contributed by atoms with E-state index in [0.717, 1.165) is 17.6 Å². The number of nitrogens with one attached hydrogen (secondary N) is 1. The van der Waals surface area contributed by atoms with Crippen molar-refractivity contribution in [2.24, 2.45) is 0 Å². The number of hydrogen-bond acceptors (Lipinski definition) is 7. The summed E-state index contributed by atoms with van der Waals surface area (Å²) in [5.74, 6) is 0.615. The van der Waals surface area contributed by atoms with Gasteiger partial charge in [-0.25, -0.2) is 13.2 Å². The Labute approximate surface area is 171 Å². The Morgan fingerprint density at radius 3 is 2.52 bits per heavy atom. The van der Waals surface area contributed by atoms with Crippen molar-refractivity contribution < 1.29 is 23.2 Å². The Morgan fingerprint density at radius 2 is 1.90 bits per heavy atom. The topological polar surface area (TPSA) is 130 Å². The molecule has 0 spiro atoms. The van der Waals surface area contributed by atoms with Gasteiger partial charge in [0.2, 0.25) is 0 Å². The van der Waals surface area contributed by atoms with Crippen LogP contribution in [-0.4, -0.2) is 49.0 Å². The Bertz CT molecular complexity index is 1070. The highest BCUT2D eigenvalue weighted by Gasteiger charge is 2.22. The zero-order valence-corrected chi connectivity index (χ0v) is 17.1. The standard InChI is InChI=1S/C18H19N3O6S2/c1-12-2-4-14(11-17(12)21(24)25)29(26,27)19-13-3-5-16(15(10-13)18(22)23)20-6-8-28-9-7-20/h2-5,10-11,19H,6-9H2,1H3,(H,22,23). The molecule has 1 heterocycles. The third kappa shape index (κ3) is 4.62. The summed E-state index contributed by atoms with van der Waals surface area (Å²) in [7, 11) is -4.13. The van der Waals surface area contributed by atoms with Gasteiger partial charge in [-0.2, -0.15) is 11.8 Å². The summed E-state index contributed by atoms with van der Waals surface area (Å²) in [6, 6.07) is 7.93. The predicted molar refractivity (Wildman–Crippen MR) is 112 cm³/mol. The monoisotopic (exact) mass is 437 g/mol. The molecule has 0 amide bonds. The Kier molecular flexibility index (Phi) is 5.99. The third-order valence-corrected chi connectivity index (χ3v) is 6.84. The molecule has 1 fully saturated rings. The molecular weight excluding hydrogens is 418 g/mol. The summed E-state index contributed by atoms with van der Waals surface area (Å²) in [4.78, 5) is 23.8. The molecule has 9 nitrogen and oxygen atoms in total. The van der Waals surface area contributed by atoms with Crippen molar-refractivity contribution in [2.45, 2.75) is 11.8 Å². The molecule has 11 heteroatoms. The maximum absolute atomic E-state index is 12.7. The van der Waals surface area contributed by atoms with E-state index in [1.165, 1.54) is 31.2 Å². The molecule has 0 radical (unpaired) electrons. The second-order valence-electron chi connectivity index (χ2n) is 6.45. The minimum absolute atomic E-state index is 0.00742. The largest absolute Gasteiger partial charge is 0.478 e. The summed E-state index contributed by atoms with van der Waals surface area (Å²) in [5, 5.41) is 20.7. The van der Waals surface area contributed by atoms with Crippen LogP contribution < -0.4 is 9.62 Å². The van der Waals surface area contributed by atoms with Gasteiger partial charge in [-0.1, -0.05) is 6.07 Å². The van der Waals surface area contributed by atoms with E-state index in [4.69, 9.17) is 0 Å². The van der Waals surface area contributed by atoms with Crippen LogP contribution in [0.1, 0.15) is 15.9 Å². The summed E-state index contributed by atoms with van der Waals surface area (Å²) in [6.45, 7) is 2.94. The molecule has 2 N–H and O–H groups in total. The number of nitrogens with zero attached hydrogens (tertiary/aromatic N) is 2. The normalized spacial score (nSPS) is 14.4. The SMILES string of the molecule is Cc1ccc(S(=O)(=O)Nc2ccc(N3CCSCC3)c(C(=O)O)c2)cc1[N+](=O)[O-]. The molecular formula is C18H19N3O6S2. The van der Waals surface area contributed by atoms with Crippen LogP contribution in [0.15, 0.2) is 41.3 Å². The van der Waals surface area contributed by atoms with E-state index >= 15 is 0 Å². The highest BCUT2D eigenvalue weighted by Crippen LogP contribution is 2.29. The fourth-order valence-electron chi connectivity index (χ4n) is 3.02. The molecule has 0 saturated carbocycles. The molecule has 29 heavy (non-hydrogen) atoms. The van der Waals surface area contributed by atoms with E-state index < -0.39 is 20.9 Å². The fraction of sp³-hybridized carbons (Fsp3) is 0.278. The van der Waals surface area contributed by atoms with E-state index in [1.807, 2.05) is 4.90 Å². The zero-order chi connectivity index (χ0) is 21.2. The van der Waals surface area contributed by atoms with Crippen molar-refractivity contribution in [3.05, 3.63) is 57.6 Å². The molecule has 1 aliphatic rings. The van der Waals surface area contributed by atoms with Gasteiger partial charge in [0, 0.05) is 41.9 Å². The molecule has 1 aliphatic heterocycles. The number of aromatic carboxylic acids is 1. The van der Waals surface area contributed by atoms with Crippen molar-refractivity contribution >= 4 is 44.8 Å². The minimum Gasteiger partial charge on any atom is -0.478 e. The van der Waals surface area contributed by atoms with Crippen LogP contribution in [0.5, 0.6) is 0 Å². The average molecular weight is 437 g/mol. The van der Waals surface area contributed by atoms with Crippen molar-refractivity contribution in [3.8, 4) is 0 Å². The number of anilines is 2. The highest BCUT2D eigenvalue weighted by atomic mass is 32.2. The maximum Gasteiger partial charge on any atom is 0.337 e. The number of carboxylic acids is 1. The van der Waals surface area contributed by atoms with Crippen LogP contribution in [0.2, 0.25) is 0 Å². The van der Waals surface area contributed by atoms with E-state index in [-0.39, 0.29) is 21.8 Å². The van der Waals surface area contributed by atoms with Gasteiger partial charge in [0.05, 0.1) is 21.1 Å². The van der Waals surface area contributed by atoms with E-state index in [2.05, 4.69) is 4.72 Å². The van der Waals surface area contributed by atoms with E-state index in [1.54, 1.807) is 17.8 Å². The van der Waals surface area contributed by atoms with Gasteiger partial charge in [-0.15, -0.1) is 0 Å². The number of hydrogen-bond donors (Lipinski definition) is 2. The Hall–Kier alpha value is -2.79. The lowest BCUT2D eigenvalue weighted by molar-refractivity contribution is -0.385. The molecule has 0 atom stereocenters. The van der Waals surface area contributed by atoms with Gasteiger partial charge in [-0.05, 0) is 31.2 Å². The number of thioether (sulfide) groups is 1. The summed E-state index contributed by atoms with van der Waals surface area (Å²) < 4.78 is 27.6. The molecule has 0 aromatic heterocycles. The van der Waals surface area contributed by atoms with Gasteiger partial charge < -0.3 is 10.0 Å². The first-order valence-corrected chi connectivity index (χ1v) is 11.3. The number of carbonyl (C=O) groups is 1. The number of aryl methyl sites for hydroxylation is 1.